The van der Waals surface area contributed by atoms with Crippen molar-refractivity contribution in [3.8, 4) is 0 Å². The largest absolute Gasteiger partial charge is 0.445 e. The molecule has 2 atom stereocenters. The molecule has 0 aromatic rings. The summed E-state index contributed by atoms with van der Waals surface area (Å²) in [6.45, 7) is 18.6. The van der Waals surface area contributed by atoms with Crippen LogP contribution < -0.4 is 0 Å². The van der Waals surface area contributed by atoms with Crippen LogP contribution in [0.15, 0.2) is 73.9 Å². The molecule has 0 aromatic heterocycles. The van der Waals surface area contributed by atoms with Crippen molar-refractivity contribution in [2.45, 2.75) is 13.0 Å². The Balaban J connectivity index is 2.66. The van der Waals surface area contributed by atoms with E-state index in [-0.39, 0.29) is 24.7 Å². The molecule has 4 heteroatoms. The first-order chi connectivity index (χ1) is 11.6. The fourth-order valence-corrected chi connectivity index (χ4v) is 2.46. The van der Waals surface area contributed by atoms with Crippen LogP contribution in [0.3, 0.4) is 0 Å². The van der Waals surface area contributed by atoms with Crippen molar-refractivity contribution in [2.75, 3.05) is 26.3 Å². The molecule has 0 aliphatic carbocycles. The van der Waals surface area contributed by atoms with E-state index in [1.165, 1.54) is 0 Å². The average Bonchev–Trinajstić information content (AvgIpc) is 2.62. The molecule has 1 rings (SSSR count). The number of amides is 1. The van der Waals surface area contributed by atoms with Crippen molar-refractivity contribution in [1.29, 1.82) is 0 Å². The van der Waals surface area contributed by atoms with Gasteiger partial charge in [-0.2, -0.15) is 0 Å². The monoisotopic (exact) mass is 329 g/mol. The van der Waals surface area contributed by atoms with Gasteiger partial charge in [0.2, 0.25) is 0 Å². The minimum Gasteiger partial charge on any atom is -0.445 e. The van der Waals surface area contributed by atoms with Crippen LogP contribution in [0.5, 0.6) is 0 Å². The predicted molar refractivity (Wildman–Crippen MR) is 98.8 cm³/mol. The Morgan fingerprint density at radius 2 is 1.96 bits per heavy atom. The lowest BCUT2D eigenvalue weighted by molar-refractivity contribution is -0.0428. The molecular weight excluding hydrogens is 302 g/mol. The summed E-state index contributed by atoms with van der Waals surface area (Å²) >= 11 is 0. The number of allylic oxidation sites excluding steroid dienone is 5. The Bertz CT molecular complexity index is 545. The van der Waals surface area contributed by atoms with Crippen molar-refractivity contribution in [1.82, 2.24) is 4.90 Å². The molecule has 130 valence electrons. The highest BCUT2D eigenvalue weighted by Gasteiger charge is 2.29. The second kappa shape index (κ2) is 10.4. The van der Waals surface area contributed by atoms with Crippen LogP contribution in [0.4, 0.5) is 4.79 Å². The van der Waals surface area contributed by atoms with Gasteiger partial charge in [-0.05, 0) is 11.1 Å². The molecule has 0 aromatic carbocycles. The number of hydrogen-bond acceptors (Lipinski definition) is 3. The molecule has 0 bridgehead atoms. The molecule has 1 amide bonds. The highest BCUT2D eigenvalue weighted by molar-refractivity contribution is 5.68. The molecule has 0 N–H and O–H groups in total. The van der Waals surface area contributed by atoms with E-state index in [1.807, 2.05) is 6.08 Å². The van der Waals surface area contributed by atoms with Crippen LogP contribution in [0.25, 0.3) is 0 Å². The third kappa shape index (κ3) is 5.70. The zero-order valence-corrected chi connectivity index (χ0v) is 14.4. The summed E-state index contributed by atoms with van der Waals surface area (Å²) in [7, 11) is 0. The van der Waals surface area contributed by atoms with E-state index in [0.717, 1.165) is 11.1 Å². The van der Waals surface area contributed by atoms with Gasteiger partial charge >= 0.3 is 6.09 Å². The zero-order valence-electron chi connectivity index (χ0n) is 14.4. The SMILES string of the molecule is C=C/C=C(\C=C)COC(=O)N1CCOC(C(C)/C(C=C)=C/C=C)C1. The second-order valence-electron chi connectivity index (χ2n) is 5.49. The van der Waals surface area contributed by atoms with Crippen molar-refractivity contribution >= 4 is 6.09 Å². The standard InChI is InChI=1S/C20H27NO3/c1-6-10-17(8-3)15-24-20(22)21-12-13-23-19(14-21)16(5)18(9-4)11-7-2/h6-11,16,19H,1-4,12-15H2,5H3/b17-10+,18-11+. The molecule has 1 heterocycles. The van der Waals surface area contributed by atoms with E-state index < -0.39 is 0 Å². The molecule has 1 aliphatic rings. The van der Waals surface area contributed by atoms with Crippen molar-refractivity contribution in [3.63, 3.8) is 0 Å². The summed E-state index contributed by atoms with van der Waals surface area (Å²) in [6.07, 6.45) is 10.0. The van der Waals surface area contributed by atoms with Gasteiger partial charge in [0.1, 0.15) is 6.61 Å². The lowest BCUT2D eigenvalue weighted by Crippen LogP contribution is -2.48. The molecule has 0 radical (unpaired) electrons. The van der Waals surface area contributed by atoms with Gasteiger partial charge < -0.3 is 14.4 Å². The summed E-state index contributed by atoms with van der Waals surface area (Å²) in [5.74, 6) is 0.112. The van der Waals surface area contributed by atoms with Gasteiger partial charge in [0, 0.05) is 12.5 Å². The second-order valence-corrected chi connectivity index (χ2v) is 5.49. The topological polar surface area (TPSA) is 38.8 Å². The molecule has 1 aliphatic heterocycles. The first kappa shape index (κ1) is 19.7. The van der Waals surface area contributed by atoms with Crippen LogP contribution in [0, 0.1) is 5.92 Å². The van der Waals surface area contributed by atoms with Gasteiger partial charge in [-0.15, -0.1) is 0 Å². The van der Waals surface area contributed by atoms with Crippen LogP contribution in [-0.2, 0) is 9.47 Å². The maximum Gasteiger partial charge on any atom is 0.410 e. The minimum atomic E-state index is -0.347. The Hall–Kier alpha value is -2.33. The summed E-state index contributed by atoms with van der Waals surface area (Å²) < 4.78 is 11.2. The quantitative estimate of drug-likeness (QED) is 0.630. The minimum absolute atomic E-state index is 0.0990. The summed E-state index contributed by atoms with van der Waals surface area (Å²) in [5, 5.41) is 0. The average molecular weight is 329 g/mol. The summed E-state index contributed by atoms with van der Waals surface area (Å²) in [5.41, 5.74) is 1.84. The molecular formula is C20H27NO3. The smallest absolute Gasteiger partial charge is 0.410 e. The predicted octanol–water partition coefficient (Wildman–Crippen LogP) is 4.06. The Morgan fingerprint density at radius 3 is 2.54 bits per heavy atom. The number of rotatable bonds is 8. The lowest BCUT2D eigenvalue weighted by Gasteiger charge is -2.35. The molecule has 1 fully saturated rings. The number of nitrogens with zero attached hydrogens (tertiary/aromatic N) is 1. The Labute approximate surface area is 145 Å². The molecule has 1 saturated heterocycles. The van der Waals surface area contributed by atoms with Gasteiger partial charge in [0.25, 0.3) is 0 Å². The van der Waals surface area contributed by atoms with Gasteiger partial charge in [0.15, 0.2) is 0 Å². The maximum absolute atomic E-state index is 12.3. The highest BCUT2D eigenvalue weighted by atomic mass is 16.6. The zero-order chi connectivity index (χ0) is 17.9. The van der Waals surface area contributed by atoms with Crippen molar-refractivity contribution < 1.29 is 14.3 Å². The van der Waals surface area contributed by atoms with E-state index in [4.69, 9.17) is 9.47 Å². The van der Waals surface area contributed by atoms with Crippen LogP contribution in [0.1, 0.15) is 6.92 Å². The van der Waals surface area contributed by atoms with E-state index in [9.17, 15) is 4.79 Å². The number of ether oxygens (including phenoxy) is 2. The van der Waals surface area contributed by atoms with Crippen molar-refractivity contribution in [2.24, 2.45) is 5.92 Å². The molecule has 2 unspecified atom stereocenters. The fourth-order valence-electron chi connectivity index (χ4n) is 2.46. The highest BCUT2D eigenvalue weighted by Crippen LogP contribution is 2.22. The maximum atomic E-state index is 12.3. The van der Waals surface area contributed by atoms with Gasteiger partial charge in [-0.25, -0.2) is 4.79 Å². The summed E-state index contributed by atoms with van der Waals surface area (Å²) in [6, 6.07) is 0. The van der Waals surface area contributed by atoms with Crippen LogP contribution in [-0.4, -0.2) is 43.4 Å². The van der Waals surface area contributed by atoms with Crippen LogP contribution in [0.2, 0.25) is 0 Å². The fraction of sp³-hybridized carbons (Fsp3) is 0.350. The molecule has 24 heavy (non-hydrogen) atoms. The van der Waals surface area contributed by atoms with Crippen LogP contribution >= 0.6 is 0 Å². The third-order valence-corrected chi connectivity index (χ3v) is 3.94. The lowest BCUT2D eigenvalue weighted by atomic mass is 9.93. The van der Waals surface area contributed by atoms with Gasteiger partial charge in [-0.1, -0.05) is 69.7 Å². The van der Waals surface area contributed by atoms with Crippen molar-refractivity contribution in [3.05, 3.63) is 73.9 Å². The third-order valence-electron chi connectivity index (χ3n) is 3.94. The number of morpholine rings is 1. The van der Waals surface area contributed by atoms with E-state index >= 15 is 0 Å². The normalized spacial score (nSPS) is 20.0. The van der Waals surface area contributed by atoms with E-state index in [1.54, 1.807) is 35.3 Å². The molecule has 0 spiro atoms. The molecule has 4 nitrogen and oxygen atoms in total. The van der Waals surface area contributed by atoms with E-state index in [2.05, 4.69) is 33.2 Å². The Kier molecular flexibility index (Phi) is 8.58. The Morgan fingerprint density at radius 1 is 1.25 bits per heavy atom. The van der Waals surface area contributed by atoms with E-state index in [0.29, 0.717) is 19.7 Å². The van der Waals surface area contributed by atoms with Gasteiger partial charge in [0.05, 0.1) is 19.3 Å². The number of carbonyl (C=O) groups is 1. The molecule has 0 saturated carbocycles. The first-order valence-corrected chi connectivity index (χ1v) is 7.99. The number of carbonyl (C=O) groups excluding carboxylic acids is 1. The number of hydrogen-bond donors (Lipinski definition) is 0. The first-order valence-electron chi connectivity index (χ1n) is 7.99. The van der Waals surface area contributed by atoms with Gasteiger partial charge in [-0.3, -0.25) is 0 Å². The summed E-state index contributed by atoms with van der Waals surface area (Å²) in [4.78, 5) is 13.9.